The van der Waals surface area contributed by atoms with Gasteiger partial charge in [-0.15, -0.1) is 0 Å². The van der Waals surface area contributed by atoms with E-state index in [1.165, 1.54) is 26.2 Å². The van der Waals surface area contributed by atoms with Gasteiger partial charge in [-0.1, -0.05) is 6.07 Å². The molecule has 0 radical (unpaired) electrons. The van der Waals surface area contributed by atoms with E-state index in [-0.39, 0.29) is 24.9 Å². The van der Waals surface area contributed by atoms with Gasteiger partial charge >= 0.3 is 5.97 Å². The average molecular weight is 415 g/mol. The molecule has 2 aromatic rings. The molecule has 9 heteroatoms. The Morgan fingerprint density at radius 2 is 1.80 bits per heavy atom. The Bertz CT molecular complexity index is 956. The number of amides is 1. The summed E-state index contributed by atoms with van der Waals surface area (Å²) in [4.78, 5) is 35.2. The largest absolute Gasteiger partial charge is 0.493 e. The minimum atomic E-state index is -0.717. The Kier molecular flexibility index (Phi) is 6.74. The zero-order valence-electron chi connectivity index (χ0n) is 16.6. The summed E-state index contributed by atoms with van der Waals surface area (Å²) < 4.78 is 25.9. The van der Waals surface area contributed by atoms with Crippen molar-refractivity contribution in [3.05, 3.63) is 47.5 Å². The van der Waals surface area contributed by atoms with Crippen LogP contribution in [0.25, 0.3) is 0 Å². The maximum absolute atomic E-state index is 11.9. The number of Topliss-reactive ketones (excluding diaryl/α,β-unsaturated/α-hetero) is 1. The number of methoxy groups -OCH3 is 1. The fourth-order valence-corrected chi connectivity index (χ4v) is 2.63. The maximum Gasteiger partial charge on any atom is 0.344 e. The molecule has 0 unspecified atom stereocenters. The second-order valence-corrected chi connectivity index (χ2v) is 6.34. The first-order valence-corrected chi connectivity index (χ1v) is 9.09. The number of esters is 1. The molecule has 1 aliphatic heterocycles. The lowest BCUT2D eigenvalue weighted by atomic mass is 10.1. The van der Waals surface area contributed by atoms with Crippen LogP contribution in [0.2, 0.25) is 0 Å². The second-order valence-electron chi connectivity index (χ2n) is 6.34. The highest BCUT2D eigenvalue weighted by Gasteiger charge is 2.15. The van der Waals surface area contributed by atoms with Crippen molar-refractivity contribution in [2.45, 2.75) is 13.5 Å². The Hall–Kier alpha value is -3.75. The second kappa shape index (κ2) is 9.64. The van der Waals surface area contributed by atoms with Gasteiger partial charge in [0.05, 0.1) is 7.11 Å². The number of rotatable bonds is 9. The van der Waals surface area contributed by atoms with Crippen molar-refractivity contribution in [2.24, 2.45) is 0 Å². The summed E-state index contributed by atoms with van der Waals surface area (Å²) in [5, 5.41) is 2.65. The van der Waals surface area contributed by atoms with Gasteiger partial charge in [0.1, 0.15) is 0 Å². The number of nitrogens with one attached hydrogen (secondary N) is 1. The van der Waals surface area contributed by atoms with Gasteiger partial charge in [0.2, 0.25) is 6.79 Å². The van der Waals surface area contributed by atoms with Crippen LogP contribution >= 0.6 is 0 Å². The first-order valence-electron chi connectivity index (χ1n) is 9.09. The minimum absolute atomic E-state index is 0.119. The SMILES string of the molecule is COc1cc(C(C)=O)ccc1OCC(=O)OCC(=O)NCc1ccc2c(c1)OCO2. The van der Waals surface area contributed by atoms with Crippen molar-refractivity contribution in [1.29, 1.82) is 0 Å². The number of carbonyl (C=O) groups excluding carboxylic acids is 3. The molecule has 0 aliphatic carbocycles. The molecule has 1 N–H and O–H groups in total. The van der Waals surface area contributed by atoms with Crippen LogP contribution in [0.1, 0.15) is 22.8 Å². The molecular formula is C21H21NO8. The fourth-order valence-electron chi connectivity index (χ4n) is 2.63. The molecular weight excluding hydrogens is 394 g/mol. The van der Waals surface area contributed by atoms with E-state index in [0.717, 1.165) is 5.56 Å². The third kappa shape index (κ3) is 5.40. The molecule has 0 aromatic heterocycles. The van der Waals surface area contributed by atoms with Crippen molar-refractivity contribution >= 4 is 17.7 Å². The summed E-state index contributed by atoms with van der Waals surface area (Å²) in [6, 6.07) is 9.95. The molecule has 0 saturated carbocycles. The molecule has 3 rings (SSSR count). The summed E-state index contributed by atoms with van der Waals surface area (Å²) in [7, 11) is 1.43. The predicted octanol–water partition coefficient (Wildman–Crippen LogP) is 1.86. The first kappa shape index (κ1) is 21.0. The fraction of sp³-hybridized carbons (Fsp3) is 0.286. The number of carbonyl (C=O) groups is 3. The zero-order valence-corrected chi connectivity index (χ0v) is 16.6. The number of hydrogen-bond donors (Lipinski definition) is 1. The van der Waals surface area contributed by atoms with Gasteiger partial charge in [-0.05, 0) is 42.8 Å². The summed E-state index contributed by atoms with van der Waals surface area (Å²) in [6.45, 7) is 1.02. The van der Waals surface area contributed by atoms with Crippen molar-refractivity contribution in [2.75, 3.05) is 27.1 Å². The Morgan fingerprint density at radius 3 is 2.57 bits per heavy atom. The molecule has 0 fully saturated rings. The summed E-state index contributed by atoms with van der Waals surface area (Å²) in [6.07, 6.45) is 0. The Labute approximate surface area is 172 Å². The number of ketones is 1. The van der Waals surface area contributed by atoms with Crippen molar-refractivity contribution in [3.63, 3.8) is 0 Å². The molecule has 1 amide bonds. The summed E-state index contributed by atoms with van der Waals surface area (Å²) in [5.74, 6) is 0.591. The summed E-state index contributed by atoms with van der Waals surface area (Å²) in [5.41, 5.74) is 1.28. The zero-order chi connectivity index (χ0) is 21.5. The van der Waals surface area contributed by atoms with Gasteiger partial charge in [0.15, 0.2) is 42.0 Å². The standard InChI is InChI=1S/C21H21NO8/c1-13(23)15-4-6-16(18(8-15)26-2)27-11-21(25)28-10-20(24)22-9-14-3-5-17-19(7-14)30-12-29-17/h3-8H,9-12H2,1-2H3,(H,22,24). The lowest BCUT2D eigenvalue weighted by Crippen LogP contribution is -2.29. The van der Waals surface area contributed by atoms with Crippen LogP contribution in [0.3, 0.4) is 0 Å². The van der Waals surface area contributed by atoms with E-state index in [1.807, 2.05) is 0 Å². The van der Waals surface area contributed by atoms with Crippen LogP contribution in [-0.4, -0.2) is 44.8 Å². The molecule has 1 aliphatic rings. The maximum atomic E-state index is 11.9. The highest BCUT2D eigenvalue weighted by molar-refractivity contribution is 5.94. The van der Waals surface area contributed by atoms with Crippen LogP contribution in [0.15, 0.2) is 36.4 Å². The molecule has 0 saturated heterocycles. The van der Waals surface area contributed by atoms with Crippen molar-refractivity contribution < 1.29 is 38.1 Å². The van der Waals surface area contributed by atoms with Crippen molar-refractivity contribution in [1.82, 2.24) is 5.32 Å². The molecule has 0 bridgehead atoms. The van der Waals surface area contributed by atoms with Gasteiger partial charge in [-0.2, -0.15) is 0 Å². The van der Waals surface area contributed by atoms with E-state index < -0.39 is 25.1 Å². The van der Waals surface area contributed by atoms with Gasteiger partial charge in [0, 0.05) is 12.1 Å². The first-order chi connectivity index (χ1) is 14.5. The van der Waals surface area contributed by atoms with Gasteiger partial charge < -0.3 is 29.0 Å². The lowest BCUT2D eigenvalue weighted by Gasteiger charge is -2.11. The molecule has 0 spiro atoms. The predicted molar refractivity (Wildman–Crippen MR) is 104 cm³/mol. The molecule has 158 valence electrons. The van der Waals surface area contributed by atoms with Crippen LogP contribution in [-0.2, 0) is 20.9 Å². The monoisotopic (exact) mass is 415 g/mol. The molecule has 9 nitrogen and oxygen atoms in total. The molecule has 30 heavy (non-hydrogen) atoms. The number of hydrogen-bond acceptors (Lipinski definition) is 8. The van der Waals surface area contributed by atoms with E-state index in [4.69, 9.17) is 23.7 Å². The van der Waals surface area contributed by atoms with E-state index in [1.54, 1.807) is 24.3 Å². The molecule has 0 atom stereocenters. The Morgan fingerprint density at radius 1 is 1.00 bits per heavy atom. The van der Waals surface area contributed by atoms with Gasteiger partial charge in [-0.25, -0.2) is 4.79 Å². The lowest BCUT2D eigenvalue weighted by molar-refractivity contribution is -0.150. The van der Waals surface area contributed by atoms with Gasteiger partial charge in [-0.3, -0.25) is 9.59 Å². The van der Waals surface area contributed by atoms with Crippen LogP contribution in [0.4, 0.5) is 0 Å². The average Bonchev–Trinajstić information content (AvgIpc) is 3.22. The summed E-state index contributed by atoms with van der Waals surface area (Å²) >= 11 is 0. The number of benzene rings is 2. The molecule has 1 heterocycles. The van der Waals surface area contributed by atoms with E-state index in [9.17, 15) is 14.4 Å². The van der Waals surface area contributed by atoms with Crippen molar-refractivity contribution in [3.8, 4) is 23.0 Å². The third-order valence-electron chi connectivity index (χ3n) is 4.21. The van der Waals surface area contributed by atoms with Crippen LogP contribution in [0.5, 0.6) is 23.0 Å². The van der Waals surface area contributed by atoms with Crippen LogP contribution < -0.4 is 24.3 Å². The number of fused-ring (bicyclic) bond motifs is 1. The smallest absolute Gasteiger partial charge is 0.344 e. The van der Waals surface area contributed by atoms with Gasteiger partial charge in [0.25, 0.3) is 5.91 Å². The van der Waals surface area contributed by atoms with E-state index in [2.05, 4.69) is 5.32 Å². The normalized spacial score (nSPS) is 11.5. The number of ether oxygens (including phenoxy) is 5. The quantitative estimate of drug-likeness (QED) is 0.488. The molecule has 2 aromatic carbocycles. The third-order valence-corrected chi connectivity index (χ3v) is 4.21. The highest BCUT2D eigenvalue weighted by atomic mass is 16.7. The van der Waals surface area contributed by atoms with E-state index >= 15 is 0 Å². The van der Waals surface area contributed by atoms with Crippen LogP contribution in [0, 0.1) is 0 Å². The Balaban J connectivity index is 1.41. The highest BCUT2D eigenvalue weighted by Crippen LogP contribution is 2.32. The minimum Gasteiger partial charge on any atom is -0.493 e. The van der Waals surface area contributed by atoms with E-state index in [0.29, 0.717) is 22.8 Å². The topological polar surface area (TPSA) is 109 Å².